The Morgan fingerprint density at radius 1 is 0.600 bits per heavy atom. The molecule has 11 nitrogen and oxygen atoms in total. The summed E-state index contributed by atoms with van der Waals surface area (Å²) in [6.45, 7) is 4.74. The molecule has 0 aliphatic heterocycles. The third-order valence-corrected chi connectivity index (χ3v) is 12.7. The maximum absolute atomic E-state index is 15.2. The minimum absolute atomic E-state index is 0.00437. The first-order chi connectivity index (χ1) is 34.1. The average molecular weight is 931 g/mol. The van der Waals surface area contributed by atoms with Crippen LogP contribution >= 0.6 is 0 Å². The van der Waals surface area contributed by atoms with Crippen molar-refractivity contribution >= 4 is 17.9 Å². The van der Waals surface area contributed by atoms with E-state index in [1.54, 1.807) is 19.6 Å². The van der Waals surface area contributed by atoms with Gasteiger partial charge in [-0.2, -0.15) is 0 Å². The topological polar surface area (TPSA) is 128 Å². The summed E-state index contributed by atoms with van der Waals surface area (Å²) in [5.41, 5.74) is 5.72. The number of nitrogens with one attached hydrogen (secondary N) is 2. The van der Waals surface area contributed by atoms with Crippen molar-refractivity contribution < 1.29 is 23.9 Å². The molecule has 0 saturated carbocycles. The van der Waals surface area contributed by atoms with Gasteiger partial charge in [-0.1, -0.05) is 184 Å². The number of alkyl carbamates (subject to hydrolysis) is 1. The molecule has 2 N–H and O–H groups in total. The number of hydrogen-bond acceptors (Lipinski definition) is 7. The highest BCUT2D eigenvalue weighted by molar-refractivity contribution is 5.91. The number of rotatable bonds is 20. The van der Waals surface area contributed by atoms with Crippen molar-refractivity contribution in [3.8, 4) is 5.75 Å². The van der Waals surface area contributed by atoms with Crippen LogP contribution in [0.3, 0.4) is 0 Å². The first-order valence-corrected chi connectivity index (χ1v) is 23.5. The summed E-state index contributed by atoms with van der Waals surface area (Å²) < 4.78 is 13.8. The van der Waals surface area contributed by atoms with Crippen LogP contribution in [-0.2, 0) is 51.3 Å². The number of imidazole rings is 1. The number of likely N-dealkylation sites (N-methyl/N-ethyl adjacent to an activating group) is 1. The zero-order valence-corrected chi connectivity index (χ0v) is 39.7. The summed E-state index contributed by atoms with van der Waals surface area (Å²) in [5.74, 6) is -0.203. The quantitative estimate of drug-likeness (QED) is 0.0729. The lowest BCUT2D eigenvalue weighted by atomic mass is 9.77. The number of nitrogens with zero attached hydrogens (tertiary/aromatic N) is 4. The highest BCUT2D eigenvalue weighted by Crippen LogP contribution is 2.41. The van der Waals surface area contributed by atoms with E-state index in [4.69, 9.17) is 14.5 Å². The molecular formula is C59H58N6O5. The lowest BCUT2D eigenvalue weighted by Crippen LogP contribution is -2.56. The zero-order valence-electron chi connectivity index (χ0n) is 39.7. The van der Waals surface area contributed by atoms with Gasteiger partial charge in [0.15, 0.2) is 0 Å². The number of hydrogen-bond donors (Lipinski definition) is 2. The van der Waals surface area contributed by atoms with E-state index in [0.29, 0.717) is 24.6 Å². The Hall–Kier alpha value is -8.31. The van der Waals surface area contributed by atoms with E-state index in [9.17, 15) is 9.59 Å². The SMILES string of the molecule is CN(C(=O)[C@H](Cc1cn(C(c2ccccc2)(c2ccccc2)c2ccccc2)cn1)NC(=O)OCc1ccccc1)[C@H](Cc1ccc(OCc2ccccn2)cc1)C(=O)NCC(C)(C)c1ccccc1. The summed E-state index contributed by atoms with van der Waals surface area (Å²) in [6, 6.07) is 60.9. The molecule has 0 aliphatic rings. The number of carbonyl (C=O) groups excluding carboxylic acids is 3. The molecule has 11 heteroatoms. The molecule has 2 heterocycles. The summed E-state index contributed by atoms with van der Waals surface area (Å²) in [6.07, 6.45) is 4.80. The molecular weight excluding hydrogens is 873 g/mol. The number of benzene rings is 6. The van der Waals surface area contributed by atoms with E-state index in [-0.39, 0.29) is 25.4 Å². The van der Waals surface area contributed by atoms with Gasteiger partial charge in [-0.25, -0.2) is 9.78 Å². The summed E-state index contributed by atoms with van der Waals surface area (Å²) in [5, 5.41) is 6.04. The molecule has 2 aromatic heterocycles. The van der Waals surface area contributed by atoms with Crippen LogP contribution in [0.5, 0.6) is 5.75 Å². The van der Waals surface area contributed by atoms with Crippen LogP contribution in [-0.4, -0.2) is 63.0 Å². The highest BCUT2D eigenvalue weighted by atomic mass is 16.5. The Kier molecular flexibility index (Phi) is 15.6. The average Bonchev–Trinajstić information content (AvgIpc) is 3.88. The normalized spacial score (nSPS) is 12.3. The predicted octanol–water partition coefficient (Wildman–Crippen LogP) is 9.70. The minimum Gasteiger partial charge on any atom is -0.487 e. The maximum atomic E-state index is 15.2. The fourth-order valence-electron chi connectivity index (χ4n) is 8.76. The van der Waals surface area contributed by atoms with Crippen LogP contribution in [0.2, 0.25) is 0 Å². The van der Waals surface area contributed by atoms with Crippen molar-refractivity contribution in [1.82, 2.24) is 30.1 Å². The Morgan fingerprint density at radius 2 is 1.14 bits per heavy atom. The second-order valence-corrected chi connectivity index (χ2v) is 17.9. The molecule has 3 amide bonds. The Balaban J connectivity index is 1.11. The van der Waals surface area contributed by atoms with E-state index in [1.165, 1.54) is 4.90 Å². The zero-order chi connectivity index (χ0) is 48.8. The maximum Gasteiger partial charge on any atom is 0.408 e. The molecule has 0 radical (unpaired) electrons. The van der Waals surface area contributed by atoms with Gasteiger partial charge in [-0.15, -0.1) is 0 Å². The Labute approximate surface area is 410 Å². The van der Waals surface area contributed by atoms with Gasteiger partial charge in [-0.05, 0) is 57.6 Å². The van der Waals surface area contributed by atoms with Crippen molar-refractivity contribution in [2.75, 3.05) is 13.6 Å². The highest BCUT2D eigenvalue weighted by Gasteiger charge is 2.39. The van der Waals surface area contributed by atoms with Gasteiger partial charge in [0.1, 0.15) is 36.6 Å². The van der Waals surface area contributed by atoms with Crippen LogP contribution in [0.15, 0.2) is 213 Å². The molecule has 0 saturated heterocycles. The predicted molar refractivity (Wildman–Crippen MR) is 272 cm³/mol. The molecule has 0 unspecified atom stereocenters. The molecule has 8 aromatic rings. The summed E-state index contributed by atoms with van der Waals surface area (Å²) in [7, 11) is 1.60. The number of pyridine rings is 1. The molecule has 0 bridgehead atoms. The van der Waals surface area contributed by atoms with E-state index in [1.807, 2.05) is 164 Å². The third kappa shape index (κ3) is 11.7. The van der Waals surface area contributed by atoms with E-state index >= 15 is 4.79 Å². The van der Waals surface area contributed by atoms with E-state index in [2.05, 4.69) is 70.4 Å². The Bertz CT molecular complexity index is 2800. The second-order valence-electron chi connectivity index (χ2n) is 17.9. The van der Waals surface area contributed by atoms with Crippen molar-refractivity contribution in [3.05, 3.63) is 258 Å². The van der Waals surface area contributed by atoms with Crippen molar-refractivity contribution in [1.29, 1.82) is 0 Å². The smallest absolute Gasteiger partial charge is 0.408 e. The molecule has 8 rings (SSSR count). The molecule has 0 aliphatic carbocycles. The van der Waals surface area contributed by atoms with E-state index in [0.717, 1.165) is 39.1 Å². The first-order valence-electron chi connectivity index (χ1n) is 23.5. The van der Waals surface area contributed by atoms with Gasteiger partial charge >= 0.3 is 6.09 Å². The van der Waals surface area contributed by atoms with Crippen LogP contribution in [0.1, 0.15) is 58.6 Å². The monoisotopic (exact) mass is 930 g/mol. The molecule has 354 valence electrons. The van der Waals surface area contributed by atoms with E-state index < -0.39 is 35.0 Å². The fourth-order valence-corrected chi connectivity index (χ4v) is 8.76. The Morgan fingerprint density at radius 3 is 1.70 bits per heavy atom. The van der Waals surface area contributed by atoms with Gasteiger partial charge in [0.05, 0.1) is 17.7 Å². The lowest BCUT2D eigenvalue weighted by molar-refractivity contribution is -0.140. The van der Waals surface area contributed by atoms with Crippen LogP contribution < -0.4 is 15.4 Å². The molecule has 70 heavy (non-hydrogen) atoms. The van der Waals surface area contributed by atoms with Crippen molar-refractivity contribution in [2.45, 2.75) is 62.9 Å². The number of amides is 3. The number of carbonyl (C=O) groups is 3. The standard InChI is InChI=1S/C59H58N6O5/c1-58(2,46-23-11-5-12-24-46)42-61-55(66)54(37-44-32-34-52(35-33-44)69-41-50-31-19-20-36-60-50)64(3)56(67)53(63-57(68)70-40-45-21-9-4-10-22-45)38-51-39-65(43-62-51)59(47-25-13-6-14-26-47,48-27-15-7-16-28-48)49-29-17-8-18-30-49/h4-36,39,43,53-54H,37-38,40-42H2,1-3H3,(H,61,66)(H,63,68)/t53-,54+/m0/s1. The molecule has 0 spiro atoms. The van der Waals surface area contributed by atoms with Gasteiger partial charge in [-0.3, -0.25) is 14.6 Å². The van der Waals surface area contributed by atoms with Crippen molar-refractivity contribution in [3.63, 3.8) is 0 Å². The first kappa shape index (κ1) is 48.2. The van der Waals surface area contributed by atoms with Gasteiger partial charge in [0.2, 0.25) is 11.8 Å². The molecule has 0 fully saturated rings. The van der Waals surface area contributed by atoms with Crippen LogP contribution in [0.25, 0.3) is 0 Å². The molecule has 2 atom stereocenters. The number of ether oxygens (including phenoxy) is 2. The largest absolute Gasteiger partial charge is 0.487 e. The van der Waals surface area contributed by atoms with Crippen LogP contribution in [0.4, 0.5) is 4.79 Å². The van der Waals surface area contributed by atoms with Gasteiger partial charge in [0.25, 0.3) is 0 Å². The van der Waals surface area contributed by atoms with Gasteiger partial charge in [0, 0.05) is 44.2 Å². The summed E-state index contributed by atoms with van der Waals surface area (Å²) >= 11 is 0. The van der Waals surface area contributed by atoms with Crippen LogP contribution in [0, 0.1) is 0 Å². The third-order valence-electron chi connectivity index (χ3n) is 12.7. The summed E-state index contributed by atoms with van der Waals surface area (Å²) in [4.78, 5) is 54.2. The minimum atomic E-state index is -1.19. The fraction of sp³-hybridized carbons (Fsp3) is 0.203. The molecule has 6 aromatic carbocycles. The van der Waals surface area contributed by atoms with Gasteiger partial charge < -0.3 is 29.6 Å². The number of aromatic nitrogens is 3. The second kappa shape index (κ2) is 22.7. The lowest BCUT2D eigenvalue weighted by Gasteiger charge is -2.37. The van der Waals surface area contributed by atoms with Crippen molar-refractivity contribution in [2.24, 2.45) is 0 Å².